The maximum absolute atomic E-state index is 5.78. The van der Waals surface area contributed by atoms with Gasteiger partial charge in [0.2, 0.25) is 0 Å². The minimum atomic E-state index is 0.793. The minimum Gasteiger partial charge on any atom is -0.385 e. The van der Waals surface area contributed by atoms with Crippen molar-refractivity contribution in [3.63, 3.8) is 0 Å². The van der Waals surface area contributed by atoms with Gasteiger partial charge in [-0.05, 0) is 30.7 Å². The van der Waals surface area contributed by atoms with Gasteiger partial charge in [0, 0.05) is 12.7 Å². The fourth-order valence-electron chi connectivity index (χ4n) is 1.62. The van der Waals surface area contributed by atoms with Crippen LogP contribution >= 0.6 is 0 Å². The lowest BCUT2D eigenvalue weighted by molar-refractivity contribution is 0.950. The number of nitrogens with zero attached hydrogens (tertiary/aromatic N) is 1. The predicted octanol–water partition coefficient (Wildman–Crippen LogP) is 2.58. The molecule has 1 aromatic heterocycles. The van der Waals surface area contributed by atoms with Gasteiger partial charge in [-0.3, -0.25) is 0 Å². The van der Waals surface area contributed by atoms with Crippen LogP contribution in [-0.2, 0) is 7.05 Å². The van der Waals surface area contributed by atoms with E-state index < -0.39 is 0 Å². The first kappa shape index (κ1) is 8.88. The van der Waals surface area contributed by atoms with E-state index in [0.717, 1.165) is 11.5 Å². The topological polar surface area (TPSA) is 30.9 Å². The van der Waals surface area contributed by atoms with Crippen LogP contribution in [0.5, 0.6) is 0 Å². The lowest BCUT2D eigenvalue weighted by atomic mass is 10.1. The van der Waals surface area contributed by atoms with Crippen molar-refractivity contribution >= 4 is 5.82 Å². The molecular weight excluding hydrogens is 172 g/mol. The zero-order chi connectivity index (χ0) is 10.1. The first-order chi connectivity index (χ1) is 6.68. The van der Waals surface area contributed by atoms with Crippen molar-refractivity contribution in [2.75, 3.05) is 5.73 Å². The predicted molar refractivity (Wildman–Crippen MR) is 60.0 cm³/mol. The third-order valence-electron chi connectivity index (χ3n) is 2.47. The minimum absolute atomic E-state index is 0.793. The second-order valence-electron chi connectivity index (χ2n) is 3.57. The molecule has 0 amide bonds. The summed E-state index contributed by atoms with van der Waals surface area (Å²) in [6.07, 6.45) is 0. The van der Waals surface area contributed by atoms with E-state index in [2.05, 4.69) is 31.2 Å². The van der Waals surface area contributed by atoms with Gasteiger partial charge in [0.05, 0.1) is 0 Å². The lowest BCUT2D eigenvalue weighted by Crippen LogP contribution is -1.97. The molecule has 2 rings (SSSR count). The van der Waals surface area contributed by atoms with Crippen LogP contribution in [0.3, 0.4) is 0 Å². The number of anilines is 1. The van der Waals surface area contributed by atoms with E-state index in [1.165, 1.54) is 11.1 Å². The molecule has 0 fully saturated rings. The Morgan fingerprint density at radius 2 is 1.93 bits per heavy atom. The fourth-order valence-corrected chi connectivity index (χ4v) is 1.62. The SMILES string of the molecule is Cc1cccc(-c2ccc(N)n2C)c1. The number of hydrogen-bond donors (Lipinski definition) is 1. The average molecular weight is 186 g/mol. The first-order valence-electron chi connectivity index (χ1n) is 4.67. The zero-order valence-corrected chi connectivity index (χ0v) is 8.49. The third-order valence-corrected chi connectivity index (χ3v) is 2.47. The molecule has 0 atom stereocenters. The standard InChI is InChI=1S/C12H14N2/c1-9-4-3-5-10(8-9)11-6-7-12(13)14(11)2/h3-8H,13H2,1-2H3. The second-order valence-corrected chi connectivity index (χ2v) is 3.57. The van der Waals surface area contributed by atoms with Gasteiger partial charge in [0.1, 0.15) is 5.82 Å². The third kappa shape index (κ3) is 1.39. The monoisotopic (exact) mass is 186 g/mol. The van der Waals surface area contributed by atoms with Gasteiger partial charge in [0.25, 0.3) is 0 Å². The Balaban J connectivity index is 2.55. The van der Waals surface area contributed by atoms with Crippen LogP contribution in [0.15, 0.2) is 36.4 Å². The second kappa shape index (κ2) is 3.22. The van der Waals surface area contributed by atoms with E-state index in [0.29, 0.717) is 0 Å². The summed E-state index contributed by atoms with van der Waals surface area (Å²) in [5.74, 6) is 0.793. The number of rotatable bonds is 1. The van der Waals surface area contributed by atoms with Crippen LogP contribution in [-0.4, -0.2) is 4.57 Å². The number of benzene rings is 1. The molecule has 2 nitrogen and oxygen atoms in total. The van der Waals surface area contributed by atoms with Gasteiger partial charge >= 0.3 is 0 Å². The molecule has 0 unspecified atom stereocenters. The number of aryl methyl sites for hydroxylation is 1. The van der Waals surface area contributed by atoms with E-state index >= 15 is 0 Å². The van der Waals surface area contributed by atoms with Crippen LogP contribution in [0.25, 0.3) is 11.3 Å². The van der Waals surface area contributed by atoms with E-state index in [1.807, 2.05) is 23.7 Å². The van der Waals surface area contributed by atoms with Crippen molar-refractivity contribution in [1.82, 2.24) is 4.57 Å². The maximum atomic E-state index is 5.78. The summed E-state index contributed by atoms with van der Waals surface area (Å²) in [4.78, 5) is 0. The van der Waals surface area contributed by atoms with Gasteiger partial charge in [-0.2, -0.15) is 0 Å². The largest absolute Gasteiger partial charge is 0.385 e. The number of aromatic nitrogens is 1. The molecule has 0 bridgehead atoms. The summed E-state index contributed by atoms with van der Waals surface area (Å²) < 4.78 is 1.99. The van der Waals surface area contributed by atoms with Crippen molar-refractivity contribution < 1.29 is 0 Å². The van der Waals surface area contributed by atoms with Gasteiger partial charge in [-0.1, -0.05) is 23.8 Å². The lowest BCUT2D eigenvalue weighted by Gasteiger charge is -2.05. The Kier molecular flexibility index (Phi) is 2.04. The quantitative estimate of drug-likeness (QED) is 0.729. The molecule has 0 saturated heterocycles. The first-order valence-corrected chi connectivity index (χ1v) is 4.67. The fraction of sp³-hybridized carbons (Fsp3) is 0.167. The van der Waals surface area contributed by atoms with Gasteiger partial charge in [-0.25, -0.2) is 0 Å². The summed E-state index contributed by atoms with van der Waals surface area (Å²) in [5.41, 5.74) is 9.42. The van der Waals surface area contributed by atoms with Gasteiger partial charge < -0.3 is 10.3 Å². The van der Waals surface area contributed by atoms with Crippen molar-refractivity contribution in [2.45, 2.75) is 6.92 Å². The summed E-state index contributed by atoms with van der Waals surface area (Å²) in [7, 11) is 1.98. The van der Waals surface area contributed by atoms with Crippen molar-refractivity contribution in [1.29, 1.82) is 0 Å². The molecule has 0 aliphatic carbocycles. The Labute approximate surface area is 84.0 Å². The molecule has 2 aromatic rings. The Morgan fingerprint density at radius 3 is 2.50 bits per heavy atom. The molecule has 2 heteroatoms. The number of nitrogen functional groups attached to an aromatic ring is 1. The molecule has 0 saturated carbocycles. The molecule has 0 aliphatic heterocycles. The summed E-state index contributed by atoms with van der Waals surface area (Å²) in [5, 5.41) is 0. The van der Waals surface area contributed by atoms with Crippen molar-refractivity contribution in [2.24, 2.45) is 7.05 Å². The Hall–Kier alpha value is -1.70. The van der Waals surface area contributed by atoms with Crippen LogP contribution in [0.1, 0.15) is 5.56 Å². The normalized spacial score (nSPS) is 10.4. The Morgan fingerprint density at radius 1 is 1.14 bits per heavy atom. The summed E-state index contributed by atoms with van der Waals surface area (Å²) in [6.45, 7) is 2.09. The molecule has 72 valence electrons. The number of hydrogen-bond acceptors (Lipinski definition) is 1. The Bertz CT molecular complexity index is 455. The van der Waals surface area contributed by atoms with E-state index in [-0.39, 0.29) is 0 Å². The highest BCUT2D eigenvalue weighted by molar-refractivity contribution is 5.64. The molecule has 2 N–H and O–H groups in total. The molecule has 0 aliphatic rings. The average Bonchev–Trinajstić information content (AvgIpc) is 2.48. The molecular formula is C12H14N2. The number of nitrogens with two attached hydrogens (primary N) is 1. The van der Waals surface area contributed by atoms with Crippen molar-refractivity contribution in [3.05, 3.63) is 42.0 Å². The highest BCUT2D eigenvalue weighted by Gasteiger charge is 2.03. The van der Waals surface area contributed by atoms with Gasteiger partial charge in [-0.15, -0.1) is 0 Å². The van der Waals surface area contributed by atoms with Crippen LogP contribution < -0.4 is 5.73 Å². The highest BCUT2D eigenvalue weighted by atomic mass is 15.0. The molecule has 1 aromatic carbocycles. The highest BCUT2D eigenvalue weighted by Crippen LogP contribution is 2.23. The molecule has 1 heterocycles. The van der Waals surface area contributed by atoms with Crippen LogP contribution in [0.2, 0.25) is 0 Å². The van der Waals surface area contributed by atoms with Gasteiger partial charge in [0.15, 0.2) is 0 Å². The molecule has 0 spiro atoms. The summed E-state index contributed by atoms with van der Waals surface area (Å²) in [6, 6.07) is 12.4. The smallest absolute Gasteiger partial charge is 0.103 e. The zero-order valence-electron chi connectivity index (χ0n) is 8.49. The van der Waals surface area contributed by atoms with E-state index in [9.17, 15) is 0 Å². The van der Waals surface area contributed by atoms with Crippen LogP contribution in [0.4, 0.5) is 5.82 Å². The van der Waals surface area contributed by atoms with Crippen LogP contribution in [0, 0.1) is 6.92 Å². The maximum Gasteiger partial charge on any atom is 0.103 e. The van der Waals surface area contributed by atoms with Crippen molar-refractivity contribution in [3.8, 4) is 11.3 Å². The van der Waals surface area contributed by atoms with E-state index in [1.54, 1.807) is 0 Å². The van der Waals surface area contributed by atoms with E-state index in [4.69, 9.17) is 5.73 Å². The molecule has 0 radical (unpaired) electrons. The summed E-state index contributed by atoms with van der Waals surface area (Å²) >= 11 is 0. The molecule has 14 heavy (non-hydrogen) atoms.